The summed E-state index contributed by atoms with van der Waals surface area (Å²) < 4.78 is 0. The predicted octanol–water partition coefficient (Wildman–Crippen LogP) is 2.71. The second-order valence-corrected chi connectivity index (χ2v) is 5.91. The van der Waals surface area contributed by atoms with E-state index in [0.29, 0.717) is 12.0 Å². The molecule has 1 rings (SSSR count). The lowest BCUT2D eigenvalue weighted by molar-refractivity contribution is -0.123. The third kappa shape index (κ3) is 4.60. The van der Waals surface area contributed by atoms with Crippen LogP contribution in [0.15, 0.2) is 0 Å². The molecule has 1 aliphatic carbocycles. The highest BCUT2D eigenvalue weighted by atomic mass is 16.2. The summed E-state index contributed by atoms with van der Waals surface area (Å²) in [5.74, 6) is 1.59. The van der Waals surface area contributed by atoms with Crippen molar-refractivity contribution in [3.05, 3.63) is 0 Å². The van der Waals surface area contributed by atoms with Crippen LogP contribution in [0.1, 0.15) is 59.8 Å². The Balaban J connectivity index is 2.33. The van der Waals surface area contributed by atoms with Crippen LogP contribution < -0.4 is 10.6 Å². The first-order valence-electron chi connectivity index (χ1n) is 7.60. The summed E-state index contributed by atoms with van der Waals surface area (Å²) in [7, 11) is 0. The van der Waals surface area contributed by atoms with Gasteiger partial charge in [-0.3, -0.25) is 4.79 Å². The van der Waals surface area contributed by atoms with Gasteiger partial charge in [0.1, 0.15) is 0 Å². The molecule has 0 radical (unpaired) electrons. The molecule has 0 aromatic rings. The van der Waals surface area contributed by atoms with Crippen LogP contribution in [0.25, 0.3) is 0 Å². The zero-order chi connectivity index (χ0) is 13.5. The largest absolute Gasteiger partial charge is 0.355 e. The molecule has 0 heterocycles. The number of hydrogen-bond acceptors (Lipinski definition) is 2. The Labute approximate surface area is 112 Å². The molecule has 0 bridgehead atoms. The van der Waals surface area contributed by atoms with Crippen LogP contribution in [0.2, 0.25) is 0 Å². The molecule has 4 unspecified atom stereocenters. The first-order valence-corrected chi connectivity index (χ1v) is 7.60. The average molecular weight is 254 g/mol. The van der Waals surface area contributed by atoms with Crippen molar-refractivity contribution in [3.8, 4) is 0 Å². The van der Waals surface area contributed by atoms with E-state index >= 15 is 0 Å². The Kier molecular flexibility index (Phi) is 6.69. The smallest absolute Gasteiger partial charge is 0.236 e. The van der Waals surface area contributed by atoms with Gasteiger partial charge in [-0.1, -0.05) is 40.0 Å². The molecule has 106 valence electrons. The molecular formula is C15H30N2O. The number of amides is 1. The summed E-state index contributed by atoms with van der Waals surface area (Å²) in [5, 5.41) is 6.51. The van der Waals surface area contributed by atoms with E-state index in [2.05, 4.69) is 31.4 Å². The molecule has 3 nitrogen and oxygen atoms in total. The van der Waals surface area contributed by atoms with E-state index in [0.717, 1.165) is 25.3 Å². The molecule has 1 saturated carbocycles. The SMILES string of the molecule is CCCCNC(=O)C(C)NC1CCCC(C)C1C. The maximum Gasteiger partial charge on any atom is 0.236 e. The van der Waals surface area contributed by atoms with Crippen molar-refractivity contribution in [2.24, 2.45) is 11.8 Å². The standard InChI is InChI=1S/C15H30N2O/c1-5-6-10-16-15(18)13(4)17-14-9-7-8-11(2)12(14)3/h11-14,17H,5-10H2,1-4H3,(H,16,18). The highest BCUT2D eigenvalue weighted by molar-refractivity contribution is 5.81. The van der Waals surface area contributed by atoms with Crippen molar-refractivity contribution in [1.29, 1.82) is 0 Å². The number of rotatable bonds is 6. The van der Waals surface area contributed by atoms with Gasteiger partial charge in [-0.2, -0.15) is 0 Å². The Morgan fingerprint density at radius 3 is 2.72 bits per heavy atom. The Morgan fingerprint density at radius 2 is 2.06 bits per heavy atom. The Bertz CT molecular complexity index is 255. The monoisotopic (exact) mass is 254 g/mol. The van der Waals surface area contributed by atoms with E-state index in [1.807, 2.05) is 6.92 Å². The molecular weight excluding hydrogens is 224 g/mol. The molecule has 0 aliphatic heterocycles. The average Bonchev–Trinajstić information content (AvgIpc) is 2.35. The third-order valence-corrected chi connectivity index (χ3v) is 4.39. The van der Waals surface area contributed by atoms with E-state index in [1.165, 1.54) is 19.3 Å². The maximum atomic E-state index is 11.9. The molecule has 1 aliphatic rings. The fourth-order valence-corrected chi connectivity index (χ4v) is 2.76. The lowest BCUT2D eigenvalue weighted by atomic mass is 9.78. The third-order valence-electron chi connectivity index (χ3n) is 4.39. The summed E-state index contributed by atoms with van der Waals surface area (Å²) in [4.78, 5) is 11.9. The fourth-order valence-electron chi connectivity index (χ4n) is 2.76. The predicted molar refractivity (Wildman–Crippen MR) is 76.5 cm³/mol. The fraction of sp³-hybridized carbons (Fsp3) is 0.933. The minimum atomic E-state index is -0.0698. The summed E-state index contributed by atoms with van der Waals surface area (Å²) in [6.45, 7) is 9.55. The first kappa shape index (κ1) is 15.5. The van der Waals surface area contributed by atoms with Gasteiger partial charge in [0.2, 0.25) is 5.91 Å². The van der Waals surface area contributed by atoms with E-state index in [9.17, 15) is 4.79 Å². The number of nitrogens with one attached hydrogen (secondary N) is 2. The number of carbonyl (C=O) groups excluding carboxylic acids is 1. The van der Waals surface area contributed by atoms with Crippen molar-refractivity contribution >= 4 is 5.91 Å². The Hall–Kier alpha value is -0.570. The number of unbranched alkanes of at least 4 members (excludes halogenated alkanes) is 1. The van der Waals surface area contributed by atoms with E-state index in [1.54, 1.807) is 0 Å². The van der Waals surface area contributed by atoms with Crippen LogP contribution in [0.3, 0.4) is 0 Å². The van der Waals surface area contributed by atoms with Gasteiger partial charge < -0.3 is 10.6 Å². The van der Waals surface area contributed by atoms with Crippen molar-refractivity contribution in [2.45, 2.75) is 71.9 Å². The highest BCUT2D eigenvalue weighted by Crippen LogP contribution is 2.29. The van der Waals surface area contributed by atoms with Crippen molar-refractivity contribution in [3.63, 3.8) is 0 Å². The van der Waals surface area contributed by atoms with Crippen LogP contribution in [0, 0.1) is 11.8 Å². The molecule has 3 heteroatoms. The topological polar surface area (TPSA) is 41.1 Å². The molecule has 0 spiro atoms. The van der Waals surface area contributed by atoms with Crippen molar-refractivity contribution in [1.82, 2.24) is 10.6 Å². The number of hydrogen-bond donors (Lipinski definition) is 2. The van der Waals surface area contributed by atoms with Crippen molar-refractivity contribution in [2.75, 3.05) is 6.54 Å². The first-order chi connectivity index (χ1) is 8.56. The van der Waals surface area contributed by atoms with Crippen LogP contribution in [0.4, 0.5) is 0 Å². The van der Waals surface area contributed by atoms with Gasteiger partial charge in [-0.25, -0.2) is 0 Å². The lowest BCUT2D eigenvalue weighted by Gasteiger charge is -2.36. The van der Waals surface area contributed by atoms with Crippen LogP contribution >= 0.6 is 0 Å². The van der Waals surface area contributed by atoms with Gasteiger partial charge in [0.05, 0.1) is 6.04 Å². The van der Waals surface area contributed by atoms with Gasteiger partial charge in [-0.05, 0) is 31.6 Å². The van der Waals surface area contributed by atoms with Gasteiger partial charge in [0, 0.05) is 12.6 Å². The molecule has 0 aromatic heterocycles. The normalized spacial score (nSPS) is 29.9. The summed E-state index contributed by atoms with van der Waals surface area (Å²) >= 11 is 0. The van der Waals surface area contributed by atoms with E-state index in [-0.39, 0.29) is 11.9 Å². The molecule has 0 saturated heterocycles. The molecule has 2 N–H and O–H groups in total. The minimum Gasteiger partial charge on any atom is -0.355 e. The summed E-state index contributed by atoms with van der Waals surface area (Å²) in [6, 6.07) is 0.431. The van der Waals surface area contributed by atoms with Gasteiger partial charge in [0.15, 0.2) is 0 Å². The van der Waals surface area contributed by atoms with E-state index < -0.39 is 0 Å². The molecule has 1 fully saturated rings. The lowest BCUT2D eigenvalue weighted by Crippen LogP contribution is -2.50. The molecule has 1 amide bonds. The quantitative estimate of drug-likeness (QED) is 0.716. The summed E-state index contributed by atoms with van der Waals surface area (Å²) in [6.07, 6.45) is 6.01. The number of carbonyl (C=O) groups is 1. The van der Waals surface area contributed by atoms with Crippen LogP contribution in [0.5, 0.6) is 0 Å². The Morgan fingerprint density at radius 1 is 1.33 bits per heavy atom. The minimum absolute atomic E-state index is 0.0698. The zero-order valence-corrected chi connectivity index (χ0v) is 12.5. The second-order valence-electron chi connectivity index (χ2n) is 5.91. The second kappa shape index (κ2) is 7.78. The van der Waals surface area contributed by atoms with Gasteiger partial charge >= 0.3 is 0 Å². The van der Waals surface area contributed by atoms with Gasteiger partial charge in [0.25, 0.3) is 0 Å². The van der Waals surface area contributed by atoms with Crippen molar-refractivity contribution < 1.29 is 4.79 Å². The van der Waals surface area contributed by atoms with E-state index in [4.69, 9.17) is 0 Å². The summed E-state index contributed by atoms with van der Waals surface area (Å²) in [5.41, 5.74) is 0. The van der Waals surface area contributed by atoms with Crippen LogP contribution in [-0.4, -0.2) is 24.5 Å². The molecule has 4 atom stereocenters. The maximum absolute atomic E-state index is 11.9. The van der Waals surface area contributed by atoms with Crippen LogP contribution in [-0.2, 0) is 4.79 Å². The highest BCUT2D eigenvalue weighted by Gasteiger charge is 2.28. The van der Waals surface area contributed by atoms with Gasteiger partial charge in [-0.15, -0.1) is 0 Å². The molecule has 0 aromatic carbocycles. The zero-order valence-electron chi connectivity index (χ0n) is 12.5. The molecule has 18 heavy (non-hydrogen) atoms.